The molecule has 0 unspecified atom stereocenters. The Labute approximate surface area is 162 Å². The predicted octanol–water partition coefficient (Wildman–Crippen LogP) is 5.44. The molecule has 5 heteroatoms. The third-order valence-electron chi connectivity index (χ3n) is 4.38. The van der Waals surface area contributed by atoms with Crippen LogP contribution in [0.25, 0.3) is 27.7 Å². The molecule has 0 aliphatic carbocycles. The Morgan fingerprint density at radius 3 is 2.63 bits per heavy atom. The Balaban J connectivity index is 1.59. The van der Waals surface area contributed by atoms with Gasteiger partial charge in [-0.25, -0.2) is 9.97 Å². The van der Waals surface area contributed by atoms with E-state index in [-0.39, 0.29) is 0 Å². The minimum atomic E-state index is 0.706. The Kier molecular flexibility index (Phi) is 5.21. The lowest BCUT2D eigenvalue weighted by atomic mass is 10.1. The number of fused-ring (bicyclic) bond motifs is 1. The molecule has 3 heterocycles. The number of nitrogens with one attached hydrogen (secondary N) is 1. The van der Waals surface area contributed by atoms with Crippen molar-refractivity contribution < 1.29 is 0 Å². The van der Waals surface area contributed by atoms with Gasteiger partial charge in [-0.3, -0.25) is 4.98 Å². The summed E-state index contributed by atoms with van der Waals surface area (Å²) in [6, 6.07) is 14.4. The molecule has 134 valence electrons. The number of rotatable bonds is 7. The average Bonchev–Trinajstić information content (AvgIpc) is 3.16. The molecule has 4 rings (SSSR count). The molecular formula is C22H20N4S. The molecule has 0 fully saturated rings. The maximum absolute atomic E-state index is 4.79. The van der Waals surface area contributed by atoms with E-state index in [1.54, 1.807) is 23.7 Å². The molecule has 0 atom stereocenters. The van der Waals surface area contributed by atoms with Gasteiger partial charge >= 0.3 is 0 Å². The van der Waals surface area contributed by atoms with Crippen molar-refractivity contribution in [2.45, 2.75) is 12.8 Å². The molecule has 0 saturated heterocycles. The largest absolute Gasteiger partial charge is 0.369 e. The van der Waals surface area contributed by atoms with E-state index in [1.807, 2.05) is 24.3 Å². The zero-order valence-corrected chi connectivity index (χ0v) is 15.7. The molecule has 0 radical (unpaired) electrons. The van der Waals surface area contributed by atoms with Crippen LogP contribution >= 0.6 is 11.3 Å². The van der Waals surface area contributed by atoms with Gasteiger partial charge in [0.1, 0.15) is 5.82 Å². The first kappa shape index (κ1) is 17.4. The van der Waals surface area contributed by atoms with Crippen LogP contribution in [0.1, 0.15) is 17.5 Å². The number of hydrogen-bond donors (Lipinski definition) is 1. The fourth-order valence-corrected chi connectivity index (χ4v) is 3.93. The quantitative estimate of drug-likeness (QED) is 0.439. The highest BCUT2D eigenvalue weighted by Crippen LogP contribution is 2.32. The summed E-state index contributed by atoms with van der Waals surface area (Å²) in [7, 11) is 0. The summed E-state index contributed by atoms with van der Waals surface area (Å²) in [5.41, 5.74) is 4.30. The van der Waals surface area contributed by atoms with Gasteiger partial charge in [0.25, 0.3) is 0 Å². The summed E-state index contributed by atoms with van der Waals surface area (Å²) >= 11 is 1.65. The van der Waals surface area contributed by atoms with Crippen LogP contribution in [0.3, 0.4) is 0 Å². The van der Waals surface area contributed by atoms with Crippen LogP contribution in [0.15, 0.2) is 66.8 Å². The smallest absolute Gasteiger partial charge is 0.162 e. The molecule has 1 aromatic carbocycles. The van der Waals surface area contributed by atoms with Crippen LogP contribution in [0.5, 0.6) is 0 Å². The fourth-order valence-electron chi connectivity index (χ4n) is 2.97. The number of thiophene rings is 1. The lowest BCUT2D eigenvalue weighted by Gasteiger charge is -2.09. The fraction of sp³-hybridized carbons (Fsp3) is 0.136. The molecule has 0 aliphatic heterocycles. The van der Waals surface area contributed by atoms with Crippen LogP contribution in [0.2, 0.25) is 0 Å². The van der Waals surface area contributed by atoms with E-state index in [1.165, 1.54) is 5.56 Å². The minimum absolute atomic E-state index is 0.706. The molecule has 0 bridgehead atoms. The van der Waals surface area contributed by atoms with Gasteiger partial charge in [-0.1, -0.05) is 43.0 Å². The molecule has 4 aromatic rings. The SMILES string of the molecule is C=Cc1csc2c(NCCCc3ccccc3)nc(-c3ccncc3)nc12. The Hall–Kier alpha value is -3.05. The van der Waals surface area contributed by atoms with Crippen molar-refractivity contribution in [1.82, 2.24) is 15.0 Å². The molecule has 0 amide bonds. The minimum Gasteiger partial charge on any atom is -0.369 e. The molecule has 1 N–H and O–H groups in total. The molecule has 0 spiro atoms. The van der Waals surface area contributed by atoms with E-state index in [4.69, 9.17) is 9.97 Å². The van der Waals surface area contributed by atoms with Gasteiger partial charge in [0.15, 0.2) is 5.82 Å². The lowest BCUT2D eigenvalue weighted by Crippen LogP contribution is -2.06. The maximum atomic E-state index is 4.79. The number of nitrogens with zero attached hydrogens (tertiary/aromatic N) is 3. The van der Waals surface area contributed by atoms with Crippen molar-refractivity contribution in [3.8, 4) is 11.4 Å². The first-order chi connectivity index (χ1) is 13.3. The van der Waals surface area contributed by atoms with Crippen molar-refractivity contribution in [3.05, 3.63) is 77.9 Å². The first-order valence-corrected chi connectivity index (χ1v) is 9.83. The van der Waals surface area contributed by atoms with Gasteiger partial charge in [0, 0.05) is 35.4 Å². The second kappa shape index (κ2) is 8.10. The number of pyridine rings is 1. The highest BCUT2D eigenvalue weighted by atomic mass is 32.1. The van der Waals surface area contributed by atoms with E-state index in [2.05, 4.69) is 46.5 Å². The summed E-state index contributed by atoms with van der Waals surface area (Å²) in [5, 5.41) is 5.60. The van der Waals surface area contributed by atoms with Gasteiger partial charge < -0.3 is 5.32 Å². The lowest BCUT2D eigenvalue weighted by molar-refractivity contribution is 0.860. The maximum Gasteiger partial charge on any atom is 0.162 e. The van der Waals surface area contributed by atoms with Crippen LogP contribution in [0, 0.1) is 0 Å². The highest BCUT2D eigenvalue weighted by molar-refractivity contribution is 7.18. The summed E-state index contributed by atoms with van der Waals surface area (Å²) in [6.07, 6.45) is 7.46. The topological polar surface area (TPSA) is 50.7 Å². The molecule has 3 aromatic heterocycles. The normalized spacial score (nSPS) is 10.8. The third kappa shape index (κ3) is 3.88. The van der Waals surface area contributed by atoms with Gasteiger partial charge in [-0.05, 0) is 30.5 Å². The van der Waals surface area contributed by atoms with Crippen molar-refractivity contribution in [1.29, 1.82) is 0 Å². The highest BCUT2D eigenvalue weighted by Gasteiger charge is 2.13. The van der Waals surface area contributed by atoms with E-state index >= 15 is 0 Å². The van der Waals surface area contributed by atoms with Crippen LogP contribution < -0.4 is 5.32 Å². The Morgan fingerprint density at radius 1 is 1.04 bits per heavy atom. The van der Waals surface area contributed by atoms with Gasteiger partial charge in [0.05, 0.1) is 10.2 Å². The predicted molar refractivity (Wildman–Crippen MR) is 114 cm³/mol. The van der Waals surface area contributed by atoms with Crippen molar-refractivity contribution in [2.24, 2.45) is 0 Å². The van der Waals surface area contributed by atoms with Crippen LogP contribution in [0.4, 0.5) is 5.82 Å². The van der Waals surface area contributed by atoms with Gasteiger partial charge in [0.2, 0.25) is 0 Å². The van der Waals surface area contributed by atoms with E-state index in [0.717, 1.165) is 46.5 Å². The van der Waals surface area contributed by atoms with Gasteiger partial charge in [-0.15, -0.1) is 11.3 Å². The summed E-state index contributed by atoms with van der Waals surface area (Å²) in [4.78, 5) is 13.6. The second-order valence-electron chi connectivity index (χ2n) is 6.22. The van der Waals surface area contributed by atoms with Crippen molar-refractivity contribution >= 4 is 33.4 Å². The van der Waals surface area contributed by atoms with Crippen molar-refractivity contribution in [3.63, 3.8) is 0 Å². The van der Waals surface area contributed by atoms with Crippen molar-refractivity contribution in [2.75, 3.05) is 11.9 Å². The van der Waals surface area contributed by atoms with Crippen LogP contribution in [-0.2, 0) is 6.42 Å². The second-order valence-corrected chi connectivity index (χ2v) is 7.10. The third-order valence-corrected chi connectivity index (χ3v) is 5.37. The summed E-state index contributed by atoms with van der Waals surface area (Å²) in [5.74, 6) is 1.59. The molecule has 0 saturated carbocycles. The van der Waals surface area contributed by atoms with E-state index < -0.39 is 0 Å². The van der Waals surface area contributed by atoms with E-state index in [0.29, 0.717) is 5.82 Å². The Morgan fingerprint density at radius 2 is 1.85 bits per heavy atom. The molecular weight excluding hydrogens is 352 g/mol. The molecule has 27 heavy (non-hydrogen) atoms. The monoisotopic (exact) mass is 372 g/mol. The Bertz CT molecular complexity index is 1040. The van der Waals surface area contributed by atoms with Gasteiger partial charge in [-0.2, -0.15) is 0 Å². The molecule has 4 nitrogen and oxygen atoms in total. The summed E-state index contributed by atoms with van der Waals surface area (Å²) < 4.78 is 1.07. The number of aromatic nitrogens is 3. The summed E-state index contributed by atoms with van der Waals surface area (Å²) in [6.45, 7) is 4.77. The number of anilines is 1. The number of benzene rings is 1. The zero-order chi connectivity index (χ0) is 18.5. The number of aryl methyl sites for hydroxylation is 1. The zero-order valence-electron chi connectivity index (χ0n) is 14.9. The van der Waals surface area contributed by atoms with E-state index in [9.17, 15) is 0 Å². The standard InChI is InChI=1S/C22H20N4S/c1-2-17-15-27-20-19(17)25-21(18-10-13-23-14-11-18)26-22(20)24-12-6-9-16-7-4-3-5-8-16/h2-5,7-8,10-11,13-15H,1,6,9,12H2,(H,24,25,26). The average molecular weight is 372 g/mol. The molecule has 0 aliphatic rings. The number of hydrogen-bond acceptors (Lipinski definition) is 5. The van der Waals surface area contributed by atoms with Crippen LogP contribution in [-0.4, -0.2) is 21.5 Å². The first-order valence-electron chi connectivity index (χ1n) is 8.95.